The van der Waals surface area contributed by atoms with Gasteiger partial charge in [0.2, 0.25) is 0 Å². The third kappa shape index (κ3) is 2.75. The second-order valence-corrected chi connectivity index (χ2v) is 4.95. The van der Waals surface area contributed by atoms with Crippen molar-refractivity contribution in [1.82, 2.24) is 0 Å². The minimum Gasteiger partial charge on any atom is -0.294 e. The Balaban J connectivity index is 2.27. The third-order valence-corrected chi connectivity index (χ3v) is 3.50. The Labute approximate surface area is 117 Å². The molecule has 0 saturated carbocycles. The molecular weight excluding hydrogens is 349 g/mol. The molecule has 0 bridgehead atoms. The normalized spacial score (nSPS) is 10.4. The molecule has 0 amide bonds. The number of rotatable bonds is 3. The molecule has 2 aromatic rings. The fourth-order valence-corrected chi connectivity index (χ4v) is 2.33. The van der Waals surface area contributed by atoms with Crippen LogP contribution in [0.15, 0.2) is 42.5 Å². The van der Waals surface area contributed by atoms with Crippen molar-refractivity contribution in [2.24, 2.45) is 0 Å². The van der Waals surface area contributed by atoms with E-state index in [1.807, 2.05) is 28.7 Å². The zero-order chi connectivity index (χ0) is 13.1. The van der Waals surface area contributed by atoms with Gasteiger partial charge in [0, 0.05) is 15.6 Å². The highest BCUT2D eigenvalue weighted by Crippen LogP contribution is 2.17. The van der Waals surface area contributed by atoms with E-state index in [0.717, 1.165) is 9.64 Å². The maximum Gasteiger partial charge on any atom is 0.168 e. The van der Waals surface area contributed by atoms with Crippen molar-refractivity contribution in [1.29, 1.82) is 0 Å². The molecule has 1 nitrogen and oxygen atoms in total. The Morgan fingerprint density at radius 1 is 1.06 bits per heavy atom. The highest BCUT2D eigenvalue weighted by molar-refractivity contribution is 14.1. The lowest BCUT2D eigenvalue weighted by Crippen LogP contribution is -2.07. The van der Waals surface area contributed by atoms with Gasteiger partial charge in [0.1, 0.15) is 0 Å². The highest BCUT2D eigenvalue weighted by Gasteiger charge is 2.14. The van der Waals surface area contributed by atoms with Gasteiger partial charge in [0.05, 0.1) is 0 Å². The number of benzene rings is 2. The van der Waals surface area contributed by atoms with Crippen molar-refractivity contribution in [3.05, 3.63) is 68.8 Å². The van der Waals surface area contributed by atoms with Gasteiger partial charge in [0.25, 0.3) is 0 Å². The standard InChI is InChI=1S/C14H9F2IO/c15-11-6-3-4-9(14(11)16)8-13(18)10-5-1-2-7-12(10)17/h1-7H,8H2. The SMILES string of the molecule is O=C(Cc1cccc(F)c1F)c1ccccc1I. The quantitative estimate of drug-likeness (QED) is 0.599. The van der Waals surface area contributed by atoms with Crippen LogP contribution in [0, 0.1) is 15.2 Å². The van der Waals surface area contributed by atoms with Crippen molar-refractivity contribution in [2.75, 3.05) is 0 Å². The van der Waals surface area contributed by atoms with Gasteiger partial charge in [-0.25, -0.2) is 8.78 Å². The van der Waals surface area contributed by atoms with Crippen molar-refractivity contribution in [2.45, 2.75) is 6.42 Å². The first kappa shape index (κ1) is 13.1. The lowest BCUT2D eigenvalue weighted by Gasteiger charge is -2.05. The molecule has 92 valence electrons. The van der Waals surface area contributed by atoms with E-state index in [9.17, 15) is 13.6 Å². The fourth-order valence-electron chi connectivity index (χ4n) is 1.64. The second kappa shape index (κ2) is 5.56. The number of hydrogen-bond donors (Lipinski definition) is 0. The van der Waals surface area contributed by atoms with Crippen molar-refractivity contribution >= 4 is 28.4 Å². The molecule has 0 spiro atoms. The minimum absolute atomic E-state index is 0.0830. The van der Waals surface area contributed by atoms with E-state index < -0.39 is 11.6 Å². The van der Waals surface area contributed by atoms with E-state index in [4.69, 9.17) is 0 Å². The van der Waals surface area contributed by atoms with Gasteiger partial charge in [-0.2, -0.15) is 0 Å². The monoisotopic (exact) mass is 358 g/mol. The molecule has 18 heavy (non-hydrogen) atoms. The lowest BCUT2D eigenvalue weighted by molar-refractivity contribution is 0.0991. The number of carbonyl (C=O) groups is 1. The van der Waals surface area contributed by atoms with Gasteiger partial charge in [-0.15, -0.1) is 0 Å². The Bertz CT molecular complexity index is 596. The first-order valence-corrected chi connectivity index (χ1v) is 6.38. The first-order valence-electron chi connectivity index (χ1n) is 5.30. The summed E-state index contributed by atoms with van der Waals surface area (Å²) < 4.78 is 27.3. The van der Waals surface area contributed by atoms with E-state index in [1.165, 1.54) is 12.1 Å². The highest BCUT2D eigenvalue weighted by atomic mass is 127. The summed E-state index contributed by atoms with van der Waals surface area (Å²) in [5.41, 5.74) is 0.612. The van der Waals surface area contributed by atoms with Crippen molar-refractivity contribution in [3.63, 3.8) is 0 Å². The van der Waals surface area contributed by atoms with Crippen LogP contribution in [0.4, 0.5) is 8.78 Å². The minimum atomic E-state index is -0.947. The molecule has 4 heteroatoms. The van der Waals surface area contributed by atoms with E-state index in [-0.39, 0.29) is 17.8 Å². The van der Waals surface area contributed by atoms with E-state index in [2.05, 4.69) is 0 Å². The van der Waals surface area contributed by atoms with E-state index >= 15 is 0 Å². The zero-order valence-electron chi connectivity index (χ0n) is 9.29. The molecule has 0 aliphatic carbocycles. The molecule has 0 aliphatic rings. The van der Waals surface area contributed by atoms with Crippen LogP contribution < -0.4 is 0 Å². The maximum absolute atomic E-state index is 13.4. The van der Waals surface area contributed by atoms with Crippen LogP contribution in [0.2, 0.25) is 0 Å². The van der Waals surface area contributed by atoms with Gasteiger partial charge in [0.15, 0.2) is 17.4 Å². The average Bonchev–Trinajstić information content (AvgIpc) is 2.35. The molecule has 0 fully saturated rings. The van der Waals surface area contributed by atoms with Crippen LogP contribution >= 0.6 is 22.6 Å². The van der Waals surface area contributed by atoms with Gasteiger partial charge < -0.3 is 0 Å². The smallest absolute Gasteiger partial charge is 0.168 e. The van der Waals surface area contributed by atoms with Gasteiger partial charge >= 0.3 is 0 Å². The Hall–Kier alpha value is -1.30. The zero-order valence-corrected chi connectivity index (χ0v) is 11.4. The van der Waals surface area contributed by atoms with E-state index in [0.29, 0.717) is 5.56 Å². The molecule has 0 atom stereocenters. The average molecular weight is 358 g/mol. The molecule has 0 aromatic heterocycles. The molecule has 0 aliphatic heterocycles. The number of Topliss-reactive ketones (excluding diaryl/α,β-unsaturated/α-hetero) is 1. The summed E-state index contributed by atoms with van der Waals surface area (Å²) in [7, 11) is 0. The Morgan fingerprint density at radius 2 is 1.78 bits per heavy atom. The maximum atomic E-state index is 13.4. The van der Waals surface area contributed by atoms with Crippen LogP contribution in [-0.2, 0) is 6.42 Å². The fraction of sp³-hybridized carbons (Fsp3) is 0.0714. The van der Waals surface area contributed by atoms with Crippen LogP contribution in [0.3, 0.4) is 0 Å². The molecule has 0 N–H and O–H groups in total. The lowest BCUT2D eigenvalue weighted by atomic mass is 10.0. The molecular formula is C14H9F2IO. The molecule has 2 aromatic carbocycles. The number of carbonyl (C=O) groups excluding carboxylic acids is 1. The van der Waals surface area contributed by atoms with Crippen molar-refractivity contribution in [3.8, 4) is 0 Å². The predicted octanol–water partition coefficient (Wildman–Crippen LogP) is 3.99. The molecule has 0 radical (unpaired) electrons. The summed E-state index contributed by atoms with van der Waals surface area (Å²) in [5.74, 6) is -2.09. The van der Waals surface area contributed by atoms with E-state index in [1.54, 1.807) is 18.2 Å². The van der Waals surface area contributed by atoms with Gasteiger partial charge in [-0.3, -0.25) is 4.79 Å². The molecule has 2 rings (SSSR count). The molecule has 0 heterocycles. The second-order valence-electron chi connectivity index (χ2n) is 3.79. The largest absolute Gasteiger partial charge is 0.294 e. The molecule has 0 unspecified atom stereocenters. The summed E-state index contributed by atoms with van der Waals surface area (Å²) in [4.78, 5) is 12.0. The summed E-state index contributed by atoms with van der Waals surface area (Å²) in [6.07, 6.45) is -0.135. The van der Waals surface area contributed by atoms with Crippen LogP contribution in [0.5, 0.6) is 0 Å². The number of halogens is 3. The summed E-state index contributed by atoms with van der Waals surface area (Å²) in [6, 6.07) is 10.9. The van der Waals surface area contributed by atoms with Crippen molar-refractivity contribution < 1.29 is 13.6 Å². The number of hydrogen-bond acceptors (Lipinski definition) is 1. The topological polar surface area (TPSA) is 17.1 Å². The number of ketones is 1. The summed E-state index contributed by atoms with van der Waals surface area (Å²) in [5, 5.41) is 0. The Kier molecular flexibility index (Phi) is 4.06. The first-order chi connectivity index (χ1) is 8.59. The van der Waals surface area contributed by atoms with Gasteiger partial charge in [-0.05, 0) is 40.3 Å². The van der Waals surface area contributed by atoms with Crippen LogP contribution in [-0.4, -0.2) is 5.78 Å². The molecule has 0 saturated heterocycles. The predicted molar refractivity (Wildman–Crippen MR) is 73.6 cm³/mol. The summed E-state index contributed by atoms with van der Waals surface area (Å²) >= 11 is 2.05. The van der Waals surface area contributed by atoms with Gasteiger partial charge in [-0.1, -0.05) is 30.3 Å². The van der Waals surface area contributed by atoms with Crippen LogP contribution in [0.25, 0.3) is 0 Å². The van der Waals surface area contributed by atoms with Crippen LogP contribution in [0.1, 0.15) is 15.9 Å². The summed E-state index contributed by atoms with van der Waals surface area (Å²) in [6.45, 7) is 0. The Morgan fingerprint density at radius 3 is 2.50 bits per heavy atom. The third-order valence-electron chi connectivity index (χ3n) is 2.56.